The van der Waals surface area contributed by atoms with Gasteiger partial charge in [0, 0.05) is 0 Å². The topological polar surface area (TPSA) is 89.8 Å². The Hall–Kier alpha value is -2.87. The van der Waals surface area contributed by atoms with Crippen molar-refractivity contribution < 1.29 is 5.11 Å². The summed E-state index contributed by atoms with van der Waals surface area (Å²) in [5, 5.41) is 24.4. The van der Waals surface area contributed by atoms with E-state index in [9.17, 15) is 9.90 Å². The number of aromatic amines is 1. The Morgan fingerprint density at radius 2 is 2.21 bits per heavy atom. The van der Waals surface area contributed by atoms with Crippen LogP contribution in [0.3, 0.4) is 0 Å². The van der Waals surface area contributed by atoms with Crippen molar-refractivity contribution in [3.8, 4) is 11.8 Å². The van der Waals surface area contributed by atoms with E-state index in [1.54, 1.807) is 37.3 Å². The second-order valence-corrected chi connectivity index (χ2v) is 3.98. The summed E-state index contributed by atoms with van der Waals surface area (Å²) in [6.45, 7) is 1.67. The molecule has 1 aromatic carbocycles. The van der Waals surface area contributed by atoms with Crippen LogP contribution in [-0.2, 0) is 0 Å². The van der Waals surface area contributed by atoms with Crippen LogP contribution in [0, 0.1) is 18.3 Å². The van der Waals surface area contributed by atoms with Crippen molar-refractivity contribution >= 4 is 12.2 Å². The molecule has 0 saturated heterocycles. The van der Waals surface area contributed by atoms with Crippen molar-refractivity contribution in [3.63, 3.8) is 0 Å². The number of benzene rings is 1. The Balaban J connectivity index is 2.40. The van der Waals surface area contributed by atoms with Crippen molar-refractivity contribution in [2.24, 2.45) is 0 Å². The van der Waals surface area contributed by atoms with E-state index in [4.69, 9.17) is 5.26 Å². The number of phenols is 1. The van der Waals surface area contributed by atoms with E-state index in [1.165, 1.54) is 0 Å². The van der Waals surface area contributed by atoms with E-state index in [1.807, 2.05) is 12.1 Å². The van der Waals surface area contributed by atoms with E-state index in [-0.39, 0.29) is 11.3 Å². The summed E-state index contributed by atoms with van der Waals surface area (Å²) in [5.74, 6) is 0.172. The first-order chi connectivity index (χ1) is 9.11. The minimum Gasteiger partial charge on any atom is -0.508 e. The normalized spacial score (nSPS) is 10.5. The first kappa shape index (κ1) is 12.6. The fraction of sp³-hybridized carbons (Fsp3) is 0.0714. The number of hydrogen-bond donors (Lipinski definition) is 2. The zero-order valence-electron chi connectivity index (χ0n) is 10.2. The van der Waals surface area contributed by atoms with Crippen LogP contribution >= 0.6 is 0 Å². The van der Waals surface area contributed by atoms with E-state index in [2.05, 4.69) is 10.2 Å². The standard InChI is InChI=1S/C14H11N3O2/c1-9-12(8-15)14(19)17-16-13(9)6-5-10-3-2-4-11(18)7-10/h2-7,18H,1H3,(H,17,19)/b6-5+. The Bertz CT molecular complexity index is 739. The zero-order chi connectivity index (χ0) is 13.8. The molecule has 0 amide bonds. The maximum atomic E-state index is 11.3. The molecule has 0 saturated carbocycles. The maximum Gasteiger partial charge on any atom is 0.282 e. The molecule has 1 aromatic heterocycles. The molecule has 2 aromatic rings. The fourth-order valence-electron chi connectivity index (χ4n) is 1.65. The molecule has 0 aliphatic carbocycles. The van der Waals surface area contributed by atoms with Crippen LogP contribution in [0.25, 0.3) is 12.2 Å². The second-order valence-electron chi connectivity index (χ2n) is 3.98. The van der Waals surface area contributed by atoms with Crippen molar-refractivity contribution in [3.05, 3.63) is 57.0 Å². The Labute approximate surface area is 109 Å². The number of nitrogens with zero attached hydrogens (tertiary/aromatic N) is 2. The highest BCUT2D eigenvalue weighted by molar-refractivity contribution is 5.70. The van der Waals surface area contributed by atoms with Crippen molar-refractivity contribution in [1.82, 2.24) is 10.2 Å². The van der Waals surface area contributed by atoms with Gasteiger partial charge in [0.05, 0.1) is 5.69 Å². The third kappa shape index (κ3) is 2.69. The molecule has 0 aliphatic heterocycles. The van der Waals surface area contributed by atoms with Crippen molar-refractivity contribution in [2.45, 2.75) is 6.92 Å². The molecule has 5 heteroatoms. The molecule has 1 heterocycles. The van der Waals surface area contributed by atoms with Crippen LogP contribution in [0.2, 0.25) is 0 Å². The fourth-order valence-corrected chi connectivity index (χ4v) is 1.65. The lowest BCUT2D eigenvalue weighted by Crippen LogP contribution is -2.15. The number of hydrogen-bond acceptors (Lipinski definition) is 4. The third-order valence-electron chi connectivity index (χ3n) is 2.68. The minimum absolute atomic E-state index is 0.0607. The van der Waals surface area contributed by atoms with Gasteiger partial charge in [-0.1, -0.05) is 18.2 Å². The van der Waals surface area contributed by atoms with Crippen molar-refractivity contribution in [2.75, 3.05) is 0 Å². The SMILES string of the molecule is Cc1c(/C=C/c2cccc(O)c2)n[nH]c(=O)c1C#N. The summed E-state index contributed by atoms with van der Waals surface area (Å²) in [7, 11) is 0. The van der Waals surface area contributed by atoms with Crippen LogP contribution in [0.15, 0.2) is 29.1 Å². The van der Waals surface area contributed by atoms with Gasteiger partial charge in [-0.15, -0.1) is 0 Å². The Morgan fingerprint density at radius 1 is 1.42 bits per heavy atom. The Kier molecular flexibility index (Phi) is 3.44. The molecule has 0 bridgehead atoms. The lowest BCUT2D eigenvalue weighted by Gasteiger charge is -2.00. The summed E-state index contributed by atoms with van der Waals surface area (Å²) in [4.78, 5) is 11.3. The van der Waals surface area contributed by atoms with Crippen LogP contribution in [0.4, 0.5) is 0 Å². The molecule has 2 rings (SSSR count). The molecule has 19 heavy (non-hydrogen) atoms. The van der Waals surface area contributed by atoms with E-state index in [0.717, 1.165) is 5.56 Å². The zero-order valence-corrected chi connectivity index (χ0v) is 10.2. The summed E-state index contributed by atoms with van der Waals surface area (Å²) in [6, 6.07) is 8.58. The van der Waals surface area contributed by atoms with Gasteiger partial charge in [0.1, 0.15) is 17.4 Å². The largest absolute Gasteiger partial charge is 0.508 e. The average molecular weight is 253 g/mol. The first-order valence-electron chi connectivity index (χ1n) is 5.58. The van der Waals surface area contributed by atoms with Gasteiger partial charge in [-0.3, -0.25) is 4.79 Å². The number of phenolic OH excluding ortho intramolecular Hbond substituents is 1. The smallest absolute Gasteiger partial charge is 0.282 e. The van der Waals surface area contributed by atoms with Gasteiger partial charge in [0.25, 0.3) is 5.56 Å². The number of nitrogens with one attached hydrogen (secondary N) is 1. The highest BCUT2D eigenvalue weighted by Crippen LogP contribution is 2.14. The second kappa shape index (κ2) is 5.19. The van der Waals surface area contributed by atoms with Gasteiger partial charge in [-0.2, -0.15) is 10.4 Å². The highest BCUT2D eigenvalue weighted by Gasteiger charge is 2.07. The molecule has 0 unspecified atom stereocenters. The number of nitriles is 1. The lowest BCUT2D eigenvalue weighted by atomic mass is 10.1. The molecule has 5 nitrogen and oxygen atoms in total. The minimum atomic E-state index is -0.491. The van der Waals surface area contributed by atoms with Gasteiger partial charge < -0.3 is 5.11 Å². The molecule has 0 aliphatic rings. The van der Waals surface area contributed by atoms with Crippen molar-refractivity contribution in [1.29, 1.82) is 5.26 Å². The highest BCUT2D eigenvalue weighted by atomic mass is 16.3. The van der Waals surface area contributed by atoms with E-state index < -0.39 is 5.56 Å². The molecule has 0 fully saturated rings. The molecule has 2 N–H and O–H groups in total. The van der Waals surface area contributed by atoms with Crippen LogP contribution < -0.4 is 5.56 Å². The van der Waals surface area contributed by atoms with Gasteiger partial charge >= 0.3 is 0 Å². The number of H-pyrrole nitrogens is 1. The van der Waals surface area contributed by atoms with Crippen LogP contribution in [0.1, 0.15) is 22.4 Å². The number of aromatic hydroxyl groups is 1. The van der Waals surface area contributed by atoms with Gasteiger partial charge in [0.2, 0.25) is 0 Å². The van der Waals surface area contributed by atoms with E-state index in [0.29, 0.717) is 11.3 Å². The molecular formula is C14H11N3O2. The van der Waals surface area contributed by atoms with E-state index >= 15 is 0 Å². The quantitative estimate of drug-likeness (QED) is 0.854. The first-order valence-corrected chi connectivity index (χ1v) is 5.58. The summed E-state index contributed by atoms with van der Waals surface area (Å²) in [5.41, 5.74) is 1.41. The lowest BCUT2D eigenvalue weighted by molar-refractivity contribution is 0.475. The molecule has 0 spiro atoms. The number of rotatable bonds is 2. The predicted molar refractivity (Wildman–Crippen MR) is 71.3 cm³/mol. The summed E-state index contributed by atoms with van der Waals surface area (Å²) >= 11 is 0. The number of aromatic nitrogens is 2. The molecule has 0 radical (unpaired) electrons. The van der Waals surface area contributed by atoms with Crippen LogP contribution in [-0.4, -0.2) is 15.3 Å². The summed E-state index contributed by atoms with van der Waals surface area (Å²) in [6.07, 6.45) is 3.43. The summed E-state index contributed by atoms with van der Waals surface area (Å²) < 4.78 is 0. The van der Waals surface area contributed by atoms with Gasteiger partial charge in [-0.25, -0.2) is 5.10 Å². The maximum absolute atomic E-state index is 11.3. The third-order valence-corrected chi connectivity index (χ3v) is 2.68. The Morgan fingerprint density at radius 3 is 2.89 bits per heavy atom. The average Bonchev–Trinajstić information content (AvgIpc) is 2.38. The predicted octanol–water partition coefficient (Wildman–Crippen LogP) is 1.83. The monoisotopic (exact) mass is 253 g/mol. The molecule has 0 atom stereocenters. The van der Waals surface area contributed by atoms with Gasteiger partial charge in [-0.05, 0) is 36.3 Å². The molecular weight excluding hydrogens is 242 g/mol. The van der Waals surface area contributed by atoms with Crippen LogP contribution in [0.5, 0.6) is 5.75 Å². The molecule has 94 valence electrons. The van der Waals surface area contributed by atoms with Gasteiger partial charge in [0.15, 0.2) is 0 Å².